The van der Waals surface area contributed by atoms with E-state index in [0.717, 1.165) is 25.9 Å². The maximum Gasteiger partial charge on any atom is 0.237 e. The molecular formula is C16H24N2O. The molecule has 1 aromatic rings. The van der Waals surface area contributed by atoms with E-state index in [1.165, 1.54) is 23.1 Å². The summed E-state index contributed by atoms with van der Waals surface area (Å²) in [5.74, 6) is 0.230. The fourth-order valence-electron chi connectivity index (χ4n) is 2.63. The molecule has 104 valence electrons. The molecule has 0 aromatic heterocycles. The van der Waals surface area contributed by atoms with Crippen molar-refractivity contribution in [2.45, 2.75) is 32.7 Å². The molecule has 0 saturated heterocycles. The summed E-state index contributed by atoms with van der Waals surface area (Å²) < 4.78 is 0. The molecule has 0 bridgehead atoms. The molecule has 0 radical (unpaired) electrons. The topological polar surface area (TPSA) is 23.6 Å². The summed E-state index contributed by atoms with van der Waals surface area (Å²) in [4.78, 5) is 16.0. The molecule has 1 aliphatic rings. The number of carbonyl (C=O) groups excluding carboxylic acids is 1. The van der Waals surface area contributed by atoms with Crippen LogP contribution in [0.15, 0.2) is 18.2 Å². The van der Waals surface area contributed by atoms with Gasteiger partial charge in [-0.3, -0.25) is 4.79 Å². The van der Waals surface area contributed by atoms with Gasteiger partial charge in [-0.25, -0.2) is 0 Å². The lowest BCUT2D eigenvalue weighted by Gasteiger charge is -2.30. The standard InChI is InChI=1S/C16H24N2O/c1-4-5-13-6-7-15-11-18(9-8-14(15)10-13)16(19)12-17(2)3/h6-7,10H,4-5,8-9,11-12H2,1-3H3. The molecule has 0 atom stereocenters. The van der Waals surface area contributed by atoms with Crippen molar-refractivity contribution in [3.05, 3.63) is 34.9 Å². The number of rotatable bonds is 4. The molecule has 0 fully saturated rings. The number of amides is 1. The Kier molecular flexibility index (Phi) is 4.59. The van der Waals surface area contributed by atoms with Crippen molar-refractivity contribution in [3.8, 4) is 0 Å². The van der Waals surface area contributed by atoms with E-state index >= 15 is 0 Å². The van der Waals surface area contributed by atoms with Crippen LogP contribution in [0, 0.1) is 0 Å². The molecule has 3 nitrogen and oxygen atoms in total. The molecular weight excluding hydrogens is 236 g/mol. The Balaban J connectivity index is 2.06. The van der Waals surface area contributed by atoms with Gasteiger partial charge in [0.25, 0.3) is 0 Å². The van der Waals surface area contributed by atoms with Crippen molar-refractivity contribution in [1.82, 2.24) is 9.80 Å². The van der Waals surface area contributed by atoms with Gasteiger partial charge in [0.05, 0.1) is 6.54 Å². The van der Waals surface area contributed by atoms with Crippen molar-refractivity contribution >= 4 is 5.91 Å². The molecule has 1 aromatic carbocycles. The number of nitrogens with zero attached hydrogens (tertiary/aromatic N) is 2. The first-order valence-electron chi connectivity index (χ1n) is 7.13. The van der Waals surface area contributed by atoms with Gasteiger partial charge in [-0.2, -0.15) is 0 Å². The van der Waals surface area contributed by atoms with Crippen molar-refractivity contribution in [2.75, 3.05) is 27.2 Å². The number of hydrogen-bond acceptors (Lipinski definition) is 2. The minimum absolute atomic E-state index is 0.230. The number of fused-ring (bicyclic) bond motifs is 1. The molecule has 1 heterocycles. The second-order valence-corrected chi connectivity index (χ2v) is 5.66. The third-order valence-electron chi connectivity index (χ3n) is 3.63. The van der Waals surface area contributed by atoms with Crippen LogP contribution in [0.4, 0.5) is 0 Å². The molecule has 2 rings (SSSR count). The summed E-state index contributed by atoms with van der Waals surface area (Å²) in [7, 11) is 3.87. The van der Waals surface area contributed by atoms with Crippen molar-refractivity contribution in [1.29, 1.82) is 0 Å². The number of hydrogen-bond donors (Lipinski definition) is 0. The van der Waals surface area contributed by atoms with Gasteiger partial charge in [-0.15, -0.1) is 0 Å². The SMILES string of the molecule is CCCc1ccc2c(c1)CCN(C(=O)CN(C)C)C2. The highest BCUT2D eigenvalue weighted by Crippen LogP contribution is 2.21. The van der Waals surface area contributed by atoms with Crippen LogP contribution in [-0.4, -0.2) is 42.9 Å². The van der Waals surface area contributed by atoms with E-state index in [1.807, 2.05) is 23.9 Å². The summed E-state index contributed by atoms with van der Waals surface area (Å²) in [5, 5.41) is 0. The van der Waals surface area contributed by atoms with Gasteiger partial charge in [0.2, 0.25) is 5.91 Å². The lowest BCUT2D eigenvalue weighted by molar-refractivity contribution is -0.132. The largest absolute Gasteiger partial charge is 0.337 e. The Bertz CT molecular complexity index is 454. The van der Waals surface area contributed by atoms with E-state index in [2.05, 4.69) is 25.1 Å². The molecule has 0 aliphatic carbocycles. The van der Waals surface area contributed by atoms with Gasteiger partial charge in [0, 0.05) is 13.1 Å². The van der Waals surface area contributed by atoms with Gasteiger partial charge >= 0.3 is 0 Å². The Hall–Kier alpha value is -1.35. The highest BCUT2D eigenvalue weighted by molar-refractivity contribution is 5.78. The molecule has 0 saturated carbocycles. The van der Waals surface area contributed by atoms with Crippen LogP contribution in [0.3, 0.4) is 0 Å². The highest BCUT2D eigenvalue weighted by atomic mass is 16.2. The Morgan fingerprint density at radius 2 is 2.11 bits per heavy atom. The molecule has 0 N–H and O–H groups in total. The summed E-state index contributed by atoms with van der Waals surface area (Å²) in [5.41, 5.74) is 4.17. The number of carbonyl (C=O) groups is 1. The average molecular weight is 260 g/mol. The van der Waals surface area contributed by atoms with Gasteiger partial charge in [-0.05, 0) is 43.6 Å². The Labute approximate surface area is 116 Å². The van der Waals surface area contributed by atoms with Crippen LogP contribution in [0.5, 0.6) is 0 Å². The lowest BCUT2D eigenvalue weighted by Crippen LogP contribution is -2.40. The zero-order valence-corrected chi connectivity index (χ0v) is 12.3. The molecule has 1 amide bonds. The van der Waals surface area contributed by atoms with E-state index in [0.29, 0.717) is 6.54 Å². The lowest BCUT2D eigenvalue weighted by atomic mass is 9.96. The Morgan fingerprint density at radius 3 is 2.79 bits per heavy atom. The minimum Gasteiger partial charge on any atom is -0.337 e. The van der Waals surface area contributed by atoms with Crippen molar-refractivity contribution in [2.24, 2.45) is 0 Å². The summed E-state index contributed by atoms with van der Waals surface area (Å²) >= 11 is 0. The third kappa shape index (κ3) is 3.57. The summed E-state index contributed by atoms with van der Waals surface area (Å²) in [6.45, 7) is 4.34. The van der Waals surface area contributed by atoms with Crippen LogP contribution < -0.4 is 0 Å². The van der Waals surface area contributed by atoms with Gasteiger partial charge < -0.3 is 9.80 Å². The average Bonchev–Trinajstić information content (AvgIpc) is 2.37. The van der Waals surface area contributed by atoms with Crippen LogP contribution in [0.25, 0.3) is 0 Å². The smallest absolute Gasteiger partial charge is 0.237 e. The van der Waals surface area contributed by atoms with Gasteiger partial charge in [0.1, 0.15) is 0 Å². The highest BCUT2D eigenvalue weighted by Gasteiger charge is 2.20. The third-order valence-corrected chi connectivity index (χ3v) is 3.63. The number of likely N-dealkylation sites (N-methyl/N-ethyl adjacent to an activating group) is 1. The maximum atomic E-state index is 12.1. The second kappa shape index (κ2) is 6.20. The second-order valence-electron chi connectivity index (χ2n) is 5.66. The first-order valence-corrected chi connectivity index (χ1v) is 7.13. The van der Waals surface area contributed by atoms with Gasteiger partial charge in [0.15, 0.2) is 0 Å². The molecule has 3 heteroatoms. The van der Waals surface area contributed by atoms with Crippen molar-refractivity contribution < 1.29 is 4.79 Å². The number of aryl methyl sites for hydroxylation is 1. The summed E-state index contributed by atoms with van der Waals surface area (Å²) in [6, 6.07) is 6.74. The zero-order chi connectivity index (χ0) is 13.8. The first-order chi connectivity index (χ1) is 9.10. The van der Waals surface area contributed by atoms with E-state index in [9.17, 15) is 4.79 Å². The van der Waals surface area contributed by atoms with E-state index in [1.54, 1.807) is 0 Å². The summed E-state index contributed by atoms with van der Waals surface area (Å²) in [6.07, 6.45) is 3.33. The first kappa shape index (κ1) is 14.1. The molecule has 0 unspecified atom stereocenters. The van der Waals surface area contributed by atoms with Crippen LogP contribution in [0.2, 0.25) is 0 Å². The zero-order valence-electron chi connectivity index (χ0n) is 12.3. The van der Waals surface area contributed by atoms with E-state index < -0.39 is 0 Å². The van der Waals surface area contributed by atoms with Gasteiger partial charge in [-0.1, -0.05) is 31.5 Å². The predicted molar refractivity (Wildman–Crippen MR) is 78.1 cm³/mol. The minimum atomic E-state index is 0.230. The van der Waals surface area contributed by atoms with E-state index in [-0.39, 0.29) is 5.91 Å². The fraction of sp³-hybridized carbons (Fsp3) is 0.562. The Morgan fingerprint density at radius 1 is 1.32 bits per heavy atom. The number of benzene rings is 1. The molecule has 1 aliphatic heterocycles. The van der Waals surface area contributed by atoms with Crippen LogP contribution >= 0.6 is 0 Å². The van der Waals surface area contributed by atoms with E-state index in [4.69, 9.17) is 0 Å². The maximum absolute atomic E-state index is 12.1. The quantitative estimate of drug-likeness (QED) is 0.827. The molecule has 0 spiro atoms. The van der Waals surface area contributed by atoms with Crippen LogP contribution in [-0.2, 0) is 24.2 Å². The van der Waals surface area contributed by atoms with Crippen LogP contribution in [0.1, 0.15) is 30.0 Å². The monoisotopic (exact) mass is 260 g/mol. The predicted octanol–water partition coefficient (Wildman–Crippen LogP) is 2.09. The van der Waals surface area contributed by atoms with Crippen molar-refractivity contribution in [3.63, 3.8) is 0 Å². The normalized spacial score (nSPS) is 14.6. The fourth-order valence-corrected chi connectivity index (χ4v) is 2.63. The molecule has 19 heavy (non-hydrogen) atoms.